The molecule has 298 valence electrons. The van der Waals surface area contributed by atoms with E-state index in [0.29, 0.717) is 36.5 Å². The third-order valence-corrected chi connectivity index (χ3v) is 10.7. The summed E-state index contributed by atoms with van der Waals surface area (Å²) in [7, 11) is -0.842. The number of methoxy groups -OCH3 is 1. The van der Waals surface area contributed by atoms with Gasteiger partial charge in [0.1, 0.15) is 29.7 Å². The van der Waals surface area contributed by atoms with E-state index in [9.17, 15) is 10.2 Å². The molecule has 0 aromatic carbocycles. The molecule has 54 heavy (non-hydrogen) atoms. The van der Waals surface area contributed by atoms with Crippen molar-refractivity contribution in [1.82, 2.24) is 19.6 Å². The van der Waals surface area contributed by atoms with Gasteiger partial charge < -0.3 is 29.1 Å². The van der Waals surface area contributed by atoms with Crippen LogP contribution in [-0.2, 0) is 31.5 Å². The topological polar surface area (TPSA) is 174 Å². The molecule has 3 rings (SSSR count). The first kappa shape index (κ1) is 45.2. The van der Waals surface area contributed by atoms with Crippen molar-refractivity contribution in [2.24, 2.45) is 0 Å². The third-order valence-electron chi connectivity index (χ3n) is 10.0. The van der Waals surface area contributed by atoms with Crippen LogP contribution in [0.2, 0.25) is 0 Å². The van der Waals surface area contributed by atoms with Crippen molar-refractivity contribution in [2.75, 3.05) is 26.1 Å². The maximum absolute atomic E-state index is 10.7. The highest BCUT2D eigenvalue weighted by atomic mass is 31.2. The number of hydrogen-bond donors (Lipinski definition) is 2. The second-order valence-electron chi connectivity index (χ2n) is 14.3. The van der Waals surface area contributed by atoms with E-state index in [1.165, 1.54) is 116 Å². The number of rotatable bonds is 32. The molecule has 0 radical (unpaired) electrons. The molecule has 0 bridgehead atoms. The lowest BCUT2D eigenvalue weighted by Crippen LogP contribution is -2.35. The number of nitrogen functional groups attached to an aromatic ring is 1. The molecule has 0 amide bonds. The van der Waals surface area contributed by atoms with Gasteiger partial charge in [0.2, 0.25) is 0 Å². The number of aromatic nitrogens is 4. The Morgan fingerprint density at radius 1 is 0.852 bits per heavy atom. The summed E-state index contributed by atoms with van der Waals surface area (Å²) in [5.74, 6) is 0.372. The summed E-state index contributed by atoms with van der Waals surface area (Å²) in [6.07, 6.45) is 28.1. The third kappa shape index (κ3) is 17.5. The lowest BCUT2D eigenvalue weighted by atomic mass is 9.99. The fourth-order valence-electron chi connectivity index (χ4n) is 6.52. The number of hydrogen-bond acceptors (Lipinski definition) is 11. The molecule has 0 saturated heterocycles. The number of aryl methyl sites for hydroxylation is 1. The lowest BCUT2D eigenvalue weighted by molar-refractivity contribution is -0.0212. The van der Waals surface area contributed by atoms with Crippen LogP contribution in [0.5, 0.6) is 0 Å². The van der Waals surface area contributed by atoms with Crippen LogP contribution >= 0.6 is 8.60 Å². The van der Waals surface area contributed by atoms with E-state index in [2.05, 4.69) is 28.1 Å². The predicted octanol–water partition coefficient (Wildman–Crippen LogP) is 9.69. The second kappa shape index (κ2) is 27.4. The average Bonchev–Trinajstić information content (AvgIpc) is 3.63. The van der Waals surface area contributed by atoms with Crippen molar-refractivity contribution in [3.8, 4) is 12.1 Å². The maximum atomic E-state index is 10.7. The maximum Gasteiger partial charge on any atom is 0.330 e. The van der Waals surface area contributed by atoms with Crippen LogP contribution in [0.3, 0.4) is 0 Å². The molecule has 3 aromatic heterocycles. The van der Waals surface area contributed by atoms with Crippen LogP contribution in [0.4, 0.5) is 5.82 Å². The molecule has 12 nitrogen and oxygen atoms in total. The van der Waals surface area contributed by atoms with Gasteiger partial charge in [0.25, 0.3) is 0 Å². The first-order valence-electron chi connectivity index (χ1n) is 20.2. The Morgan fingerprint density at radius 3 is 2.04 bits per heavy atom. The second-order valence-corrected chi connectivity index (χ2v) is 15.3. The number of pyridine rings is 1. The van der Waals surface area contributed by atoms with Crippen molar-refractivity contribution in [3.05, 3.63) is 53.7 Å². The molecule has 0 fully saturated rings. The number of ether oxygens (including phenoxy) is 2. The fourth-order valence-corrected chi connectivity index (χ4v) is 7.20. The normalized spacial score (nSPS) is 13.7. The molecule has 0 spiro atoms. The molecule has 0 aliphatic heterocycles. The molecule has 0 aliphatic rings. The van der Waals surface area contributed by atoms with Gasteiger partial charge in [0.05, 0.1) is 25.9 Å². The first-order chi connectivity index (χ1) is 26.4. The Balaban J connectivity index is 1.34. The molecule has 3 N–H and O–H groups in total. The van der Waals surface area contributed by atoms with Crippen molar-refractivity contribution in [3.63, 3.8) is 0 Å². The van der Waals surface area contributed by atoms with Crippen molar-refractivity contribution >= 4 is 19.9 Å². The average molecular weight is 766 g/mol. The molecule has 0 aliphatic carbocycles. The Hall–Kier alpha value is -3.22. The van der Waals surface area contributed by atoms with Gasteiger partial charge in [0.15, 0.2) is 11.4 Å². The Morgan fingerprint density at radius 2 is 1.48 bits per heavy atom. The molecule has 3 unspecified atom stereocenters. The zero-order chi connectivity index (χ0) is 38.7. The Bertz CT molecular complexity index is 1510. The molecular weight excluding hydrogens is 701 g/mol. The van der Waals surface area contributed by atoms with E-state index in [1.807, 2.05) is 24.3 Å². The van der Waals surface area contributed by atoms with Gasteiger partial charge in [0, 0.05) is 19.0 Å². The molecule has 3 aromatic rings. The smallest absolute Gasteiger partial charge is 0.330 e. The van der Waals surface area contributed by atoms with Crippen LogP contribution in [0.25, 0.3) is 5.52 Å². The van der Waals surface area contributed by atoms with Gasteiger partial charge >= 0.3 is 8.60 Å². The van der Waals surface area contributed by atoms with Gasteiger partial charge in [-0.15, -0.1) is 0 Å². The van der Waals surface area contributed by atoms with E-state index in [1.54, 1.807) is 16.8 Å². The van der Waals surface area contributed by atoms with E-state index in [-0.39, 0.29) is 19.3 Å². The predicted molar refractivity (Wildman–Crippen MR) is 213 cm³/mol. The van der Waals surface area contributed by atoms with Crippen molar-refractivity contribution in [1.29, 1.82) is 10.5 Å². The van der Waals surface area contributed by atoms with Gasteiger partial charge in [-0.2, -0.15) is 15.6 Å². The summed E-state index contributed by atoms with van der Waals surface area (Å²) in [5, 5.41) is 23.3. The van der Waals surface area contributed by atoms with Crippen molar-refractivity contribution in [2.45, 2.75) is 160 Å². The van der Waals surface area contributed by atoms with Crippen LogP contribution in [0.1, 0.15) is 152 Å². The largest absolute Gasteiger partial charge is 0.382 e. The minimum atomic E-state index is -2.29. The summed E-state index contributed by atoms with van der Waals surface area (Å²) in [4.78, 5) is 18.8. The zero-order valence-electron chi connectivity index (χ0n) is 32.8. The highest BCUT2D eigenvalue weighted by Gasteiger charge is 2.32. The summed E-state index contributed by atoms with van der Waals surface area (Å²) >= 11 is 0. The van der Waals surface area contributed by atoms with E-state index < -0.39 is 14.2 Å². The number of nitrogens with two attached hydrogens (primary N) is 1. The van der Waals surface area contributed by atoms with Crippen LogP contribution in [0.15, 0.2) is 36.8 Å². The van der Waals surface area contributed by atoms with E-state index >= 15 is 0 Å². The minimum Gasteiger partial charge on any atom is -0.382 e. The number of nitrogens with zero attached hydrogens (tertiary/aromatic N) is 6. The summed E-state index contributed by atoms with van der Waals surface area (Å²) in [5.41, 5.74) is 7.38. The Kier molecular flexibility index (Phi) is 22.9. The van der Waals surface area contributed by atoms with Gasteiger partial charge in [-0.25, -0.2) is 14.5 Å². The quantitative estimate of drug-likeness (QED) is 0.0457. The monoisotopic (exact) mass is 765 g/mol. The van der Waals surface area contributed by atoms with Crippen LogP contribution in [0, 0.1) is 22.7 Å². The highest BCUT2D eigenvalue weighted by Crippen LogP contribution is 2.36. The highest BCUT2D eigenvalue weighted by molar-refractivity contribution is 7.40. The molecular formula is C41H64N7O5P. The standard InChI is InChI=1S/C41H64N7O5P/c1-3-4-5-6-7-8-9-10-11-12-13-14-15-16-17-18-19-20-21-38(51-30-35-22-23-36(28-42)45-29-35)31-52-54(49)53-33-41(32-43,50-2)27-26-37-24-25-39-40(44)46-34-47-48(37)39/h22-25,29,34,38,49H,3-21,26-27,30-31,33H2,1-2H3,(H2,44,46,47). The lowest BCUT2D eigenvalue weighted by Gasteiger charge is -2.26. The van der Waals surface area contributed by atoms with Gasteiger partial charge in [-0.3, -0.25) is 0 Å². The molecule has 3 atom stereocenters. The molecule has 0 saturated carbocycles. The zero-order valence-corrected chi connectivity index (χ0v) is 33.7. The fraction of sp³-hybridized carbons (Fsp3) is 0.683. The van der Waals surface area contributed by atoms with Crippen LogP contribution in [-0.4, -0.2) is 56.5 Å². The number of nitriles is 2. The molecule has 3 heterocycles. The number of unbranched alkanes of at least 4 members (excludes halogenated alkanes) is 17. The van der Waals surface area contributed by atoms with Gasteiger partial charge in [-0.05, 0) is 43.0 Å². The first-order valence-corrected chi connectivity index (χ1v) is 21.3. The number of fused-ring (bicyclic) bond motifs is 1. The SMILES string of the molecule is CCCCCCCCCCCCCCCCCCCCC(COP(O)OCC(C#N)(CCc1ccc2c(N)ncnn12)OC)OCc1ccc(C#N)nc1. The summed E-state index contributed by atoms with van der Waals surface area (Å²) in [6.45, 7) is 2.54. The van der Waals surface area contributed by atoms with Gasteiger partial charge in [-0.1, -0.05) is 129 Å². The van der Waals surface area contributed by atoms with E-state index in [4.69, 9.17) is 29.5 Å². The van der Waals surface area contributed by atoms with Crippen molar-refractivity contribution < 1.29 is 23.4 Å². The number of anilines is 1. The Labute approximate surface area is 324 Å². The van der Waals surface area contributed by atoms with E-state index in [0.717, 1.165) is 30.5 Å². The summed E-state index contributed by atoms with van der Waals surface area (Å²) < 4.78 is 24.9. The summed E-state index contributed by atoms with van der Waals surface area (Å²) in [6, 6.07) is 11.5. The van der Waals surface area contributed by atoms with Crippen LogP contribution < -0.4 is 5.73 Å². The molecule has 13 heteroatoms. The minimum absolute atomic E-state index is 0.134.